The molecule has 4 aromatic rings. The minimum absolute atomic E-state index is 0.0631. The van der Waals surface area contributed by atoms with E-state index in [2.05, 4.69) is 31.4 Å². The first-order valence-electron chi connectivity index (χ1n) is 8.17. The molecule has 2 N–H and O–H groups in total. The van der Waals surface area contributed by atoms with Crippen molar-refractivity contribution in [2.75, 3.05) is 5.32 Å². The summed E-state index contributed by atoms with van der Waals surface area (Å²) < 4.78 is 0.921. The third kappa shape index (κ3) is 3.56. The van der Waals surface area contributed by atoms with Gasteiger partial charge in [-0.15, -0.1) is 11.3 Å². The fourth-order valence-corrected chi connectivity index (χ4v) is 4.12. The summed E-state index contributed by atoms with van der Waals surface area (Å²) in [6.07, 6.45) is 0. The van der Waals surface area contributed by atoms with Crippen LogP contribution < -0.4 is 5.32 Å². The monoisotopic (exact) mass is 439 g/mol. The number of H-pyrrole nitrogens is 1. The van der Waals surface area contributed by atoms with Gasteiger partial charge in [-0.3, -0.25) is 14.7 Å². The van der Waals surface area contributed by atoms with Crippen LogP contribution in [-0.4, -0.2) is 21.9 Å². The number of ketones is 1. The van der Waals surface area contributed by atoms with Gasteiger partial charge in [-0.2, -0.15) is 5.10 Å². The number of aromatic nitrogens is 2. The van der Waals surface area contributed by atoms with Gasteiger partial charge >= 0.3 is 0 Å². The van der Waals surface area contributed by atoms with E-state index in [1.807, 2.05) is 48.5 Å². The Bertz CT molecular complexity index is 1160. The average Bonchev–Trinajstić information content (AvgIpc) is 3.28. The summed E-state index contributed by atoms with van der Waals surface area (Å²) in [5.74, 6) is -0.194. The lowest BCUT2D eigenvalue weighted by molar-refractivity contribution is 0.101. The Morgan fingerprint density at radius 3 is 2.44 bits per heavy atom. The molecule has 0 radical (unpaired) electrons. The number of rotatable bonds is 4. The largest absolute Gasteiger partial charge is 0.321 e. The van der Waals surface area contributed by atoms with Crippen molar-refractivity contribution >= 4 is 55.5 Å². The summed E-state index contributed by atoms with van der Waals surface area (Å²) in [6.45, 7) is 1.51. The Morgan fingerprint density at radius 2 is 1.78 bits per heavy atom. The van der Waals surface area contributed by atoms with Gasteiger partial charge in [0.25, 0.3) is 5.91 Å². The number of hydrogen-bond donors (Lipinski definition) is 2. The van der Waals surface area contributed by atoms with Gasteiger partial charge in [0.2, 0.25) is 0 Å². The number of amides is 1. The third-order valence-electron chi connectivity index (χ3n) is 4.17. The SMILES string of the molecule is CC(=O)c1n[nH]c2cc(-c3ccc(NC(=O)c4ccc(Br)s4)cc3)ccc12. The van der Waals surface area contributed by atoms with Gasteiger partial charge in [-0.1, -0.05) is 18.2 Å². The zero-order valence-corrected chi connectivity index (χ0v) is 16.6. The van der Waals surface area contributed by atoms with E-state index in [-0.39, 0.29) is 11.7 Å². The predicted molar refractivity (Wildman–Crippen MR) is 112 cm³/mol. The standard InChI is InChI=1S/C20H14BrN3O2S/c1-11(25)19-15-7-4-13(10-16(15)23-24-19)12-2-5-14(6-3-12)22-20(26)17-8-9-18(21)27-17/h2-10H,1H3,(H,22,26)(H,23,24). The van der Waals surface area contributed by atoms with E-state index in [1.54, 1.807) is 6.07 Å². The van der Waals surface area contributed by atoms with Crippen molar-refractivity contribution in [3.8, 4) is 11.1 Å². The van der Waals surface area contributed by atoms with Gasteiger partial charge in [-0.25, -0.2) is 0 Å². The molecule has 0 saturated heterocycles. The molecule has 5 nitrogen and oxygen atoms in total. The zero-order chi connectivity index (χ0) is 19.0. The Labute approximate surface area is 167 Å². The van der Waals surface area contributed by atoms with Crippen LogP contribution in [-0.2, 0) is 0 Å². The zero-order valence-electron chi connectivity index (χ0n) is 14.2. The maximum Gasteiger partial charge on any atom is 0.265 e. The van der Waals surface area contributed by atoms with Crippen LogP contribution in [0.25, 0.3) is 22.0 Å². The molecule has 2 heterocycles. The van der Waals surface area contributed by atoms with Crippen LogP contribution >= 0.6 is 27.3 Å². The second kappa shape index (κ2) is 7.09. The van der Waals surface area contributed by atoms with Crippen LogP contribution in [0.3, 0.4) is 0 Å². The fraction of sp³-hybridized carbons (Fsp3) is 0.0500. The molecule has 0 bridgehead atoms. The van der Waals surface area contributed by atoms with Crippen molar-refractivity contribution in [1.82, 2.24) is 10.2 Å². The van der Waals surface area contributed by atoms with Crippen molar-refractivity contribution in [3.05, 3.63) is 69.0 Å². The van der Waals surface area contributed by atoms with Crippen LogP contribution in [0.15, 0.2) is 58.4 Å². The number of nitrogens with zero attached hydrogens (tertiary/aromatic N) is 1. The molecule has 0 saturated carbocycles. The molecule has 0 spiro atoms. The number of hydrogen-bond acceptors (Lipinski definition) is 4. The summed E-state index contributed by atoms with van der Waals surface area (Å²) in [5.41, 5.74) is 4.01. The maximum atomic E-state index is 12.2. The van der Waals surface area contributed by atoms with E-state index in [0.29, 0.717) is 10.6 Å². The number of Topliss-reactive ketones (excluding diaryl/α,β-unsaturated/α-hetero) is 1. The summed E-state index contributed by atoms with van der Waals surface area (Å²) >= 11 is 4.75. The summed E-state index contributed by atoms with van der Waals surface area (Å²) in [4.78, 5) is 24.5. The highest BCUT2D eigenvalue weighted by Gasteiger charge is 2.11. The number of halogens is 1. The van der Waals surface area contributed by atoms with Gasteiger partial charge in [-0.05, 0) is 63.5 Å². The number of benzene rings is 2. The molecule has 0 aliphatic carbocycles. The van der Waals surface area contributed by atoms with Crippen molar-refractivity contribution in [2.45, 2.75) is 6.92 Å². The Morgan fingerprint density at radius 1 is 1.04 bits per heavy atom. The second-order valence-electron chi connectivity index (χ2n) is 6.02. The molecular weight excluding hydrogens is 426 g/mol. The first kappa shape index (κ1) is 17.6. The highest BCUT2D eigenvalue weighted by atomic mass is 79.9. The quantitative estimate of drug-likeness (QED) is 0.411. The van der Waals surface area contributed by atoms with E-state index in [0.717, 1.165) is 31.5 Å². The van der Waals surface area contributed by atoms with Crippen LogP contribution in [0.1, 0.15) is 27.1 Å². The van der Waals surface area contributed by atoms with Crippen molar-refractivity contribution in [3.63, 3.8) is 0 Å². The average molecular weight is 440 g/mol. The maximum absolute atomic E-state index is 12.2. The smallest absolute Gasteiger partial charge is 0.265 e. The molecule has 0 atom stereocenters. The lowest BCUT2D eigenvalue weighted by Gasteiger charge is -2.06. The van der Waals surface area contributed by atoms with Crippen LogP contribution in [0.5, 0.6) is 0 Å². The van der Waals surface area contributed by atoms with Crippen LogP contribution in [0, 0.1) is 0 Å². The van der Waals surface area contributed by atoms with Crippen molar-refractivity contribution < 1.29 is 9.59 Å². The van der Waals surface area contributed by atoms with Crippen molar-refractivity contribution in [1.29, 1.82) is 0 Å². The van der Waals surface area contributed by atoms with Gasteiger partial charge in [0.15, 0.2) is 5.78 Å². The van der Waals surface area contributed by atoms with E-state index >= 15 is 0 Å². The van der Waals surface area contributed by atoms with Gasteiger partial charge < -0.3 is 5.32 Å². The number of anilines is 1. The van der Waals surface area contributed by atoms with E-state index < -0.39 is 0 Å². The Kier molecular flexibility index (Phi) is 4.63. The van der Waals surface area contributed by atoms with Crippen LogP contribution in [0.4, 0.5) is 5.69 Å². The molecule has 0 fully saturated rings. The third-order valence-corrected chi connectivity index (χ3v) is 5.79. The summed E-state index contributed by atoms with van der Waals surface area (Å²) in [5, 5.41) is 10.7. The second-order valence-corrected chi connectivity index (χ2v) is 8.49. The minimum Gasteiger partial charge on any atom is -0.321 e. The number of thiophene rings is 1. The molecule has 27 heavy (non-hydrogen) atoms. The first-order valence-corrected chi connectivity index (χ1v) is 9.78. The van der Waals surface area contributed by atoms with Crippen LogP contribution in [0.2, 0.25) is 0 Å². The topological polar surface area (TPSA) is 74.8 Å². The fourth-order valence-electron chi connectivity index (χ4n) is 2.84. The number of aromatic amines is 1. The molecule has 0 aliphatic rings. The first-order chi connectivity index (χ1) is 13.0. The molecule has 4 rings (SSSR count). The van der Waals surface area contributed by atoms with E-state index in [4.69, 9.17) is 0 Å². The molecule has 2 aromatic heterocycles. The number of fused-ring (bicyclic) bond motifs is 1. The Hall–Kier alpha value is -2.77. The highest BCUT2D eigenvalue weighted by molar-refractivity contribution is 9.11. The van der Waals surface area contributed by atoms with E-state index in [1.165, 1.54) is 18.3 Å². The number of carbonyl (C=O) groups excluding carboxylic acids is 2. The molecule has 2 aromatic carbocycles. The predicted octanol–water partition coefficient (Wildman–Crippen LogP) is 5.51. The molecule has 0 unspecified atom stereocenters. The molecule has 1 amide bonds. The lowest BCUT2D eigenvalue weighted by atomic mass is 10.0. The van der Waals surface area contributed by atoms with Crippen molar-refractivity contribution in [2.24, 2.45) is 0 Å². The molecular formula is C20H14BrN3O2S. The van der Waals surface area contributed by atoms with Gasteiger partial charge in [0.1, 0.15) is 5.69 Å². The minimum atomic E-state index is -0.130. The Balaban J connectivity index is 1.56. The number of carbonyl (C=O) groups is 2. The van der Waals surface area contributed by atoms with Gasteiger partial charge in [0.05, 0.1) is 14.2 Å². The summed E-state index contributed by atoms with van der Waals surface area (Å²) in [6, 6.07) is 17.1. The van der Waals surface area contributed by atoms with Gasteiger partial charge in [0, 0.05) is 18.0 Å². The number of nitrogens with one attached hydrogen (secondary N) is 2. The highest BCUT2D eigenvalue weighted by Crippen LogP contribution is 2.27. The molecule has 0 aliphatic heterocycles. The molecule has 134 valence electrons. The lowest BCUT2D eigenvalue weighted by Crippen LogP contribution is -2.09. The summed E-state index contributed by atoms with van der Waals surface area (Å²) in [7, 11) is 0. The van der Waals surface area contributed by atoms with E-state index in [9.17, 15) is 9.59 Å². The normalized spacial score (nSPS) is 10.9. The molecule has 7 heteroatoms.